The first-order valence-corrected chi connectivity index (χ1v) is 9.29. The molecular formula is C20H22Cl2N2O2. The van der Waals surface area contributed by atoms with Crippen LogP contribution >= 0.6 is 23.2 Å². The molecule has 0 bridgehead atoms. The lowest BCUT2D eigenvalue weighted by Gasteiger charge is -2.13. The Balaban J connectivity index is 1.63. The molecule has 0 saturated carbocycles. The quantitative estimate of drug-likeness (QED) is 0.646. The number of halogens is 2. The number of amides is 2. The van der Waals surface area contributed by atoms with Crippen molar-refractivity contribution in [2.75, 3.05) is 13.1 Å². The Morgan fingerprint density at radius 3 is 1.81 bits per heavy atom. The van der Waals surface area contributed by atoms with E-state index in [9.17, 15) is 9.59 Å². The molecule has 1 unspecified atom stereocenters. The van der Waals surface area contributed by atoms with Gasteiger partial charge in [0.2, 0.25) is 0 Å². The van der Waals surface area contributed by atoms with Crippen LogP contribution in [0.1, 0.15) is 40.5 Å². The maximum Gasteiger partial charge on any atom is 0.251 e. The van der Waals surface area contributed by atoms with Crippen LogP contribution in [-0.4, -0.2) is 24.9 Å². The highest BCUT2D eigenvalue weighted by molar-refractivity contribution is 6.31. The summed E-state index contributed by atoms with van der Waals surface area (Å²) in [4.78, 5) is 24.0. The number of nitrogens with one attached hydrogen (secondary N) is 2. The smallest absolute Gasteiger partial charge is 0.251 e. The molecule has 0 aliphatic heterocycles. The second-order valence-electron chi connectivity index (χ2n) is 6.23. The van der Waals surface area contributed by atoms with E-state index >= 15 is 0 Å². The molecular weight excluding hydrogens is 371 g/mol. The number of carbonyl (C=O) groups is 2. The lowest BCUT2D eigenvalue weighted by atomic mass is 10.1. The van der Waals surface area contributed by atoms with Gasteiger partial charge in [0.15, 0.2) is 0 Å². The number of carbonyl (C=O) groups excluding carboxylic acids is 2. The van der Waals surface area contributed by atoms with E-state index in [4.69, 9.17) is 23.2 Å². The summed E-state index contributed by atoms with van der Waals surface area (Å²) in [5.74, 6) is 0.105. The molecule has 0 aliphatic carbocycles. The Bertz CT molecular complexity index is 730. The van der Waals surface area contributed by atoms with Gasteiger partial charge in [-0.25, -0.2) is 0 Å². The Morgan fingerprint density at radius 2 is 1.31 bits per heavy atom. The standard InChI is InChI=1S/C20H22Cl2N2O2/c1-14(13-24-20(26)16-6-10-18(22)11-7-16)3-2-12-23-19(25)15-4-8-17(21)9-5-15/h4-11,14H,2-3,12-13H2,1H3,(H,23,25)(H,24,26). The molecule has 0 aromatic heterocycles. The number of rotatable bonds is 8. The third-order valence-corrected chi connectivity index (χ3v) is 4.49. The monoisotopic (exact) mass is 392 g/mol. The van der Waals surface area contributed by atoms with Crippen molar-refractivity contribution in [1.29, 1.82) is 0 Å². The minimum atomic E-state index is -0.107. The molecule has 0 radical (unpaired) electrons. The highest BCUT2D eigenvalue weighted by Gasteiger charge is 2.09. The van der Waals surface area contributed by atoms with Crippen LogP contribution in [0.4, 0.5) is 0 Å². The van der Waals surface area contributed by atoms with Gasteiger partial charge in [0.05, 0.1) is 0 Å². The molecule has 1 atom stereocenters. The average Bonchev–Trinajstić information content (AvgIpc) is 2.64. The summed E-state index contributed by atoms with van der Waals surface area (Å²) in [6.07, 6.45) is 1.75. The highest BCUT2D eigenvalue weighted by Crippen LogP contribution is 2.11. The molecule has 0 saturated heterocycles. The lowest BCUT2D eigenvalue weighted by molar-refractivity contribution is 0.0945. The van der Waals surface area contributed by atoms with E-state index in [1.807, 2.05) is 0 Å². The largest absolute Gasteiger partial charge is 0.352 e. The van der Waals surface area contributed by atoms with Gasteiger partial charge in [0.1, 0.15) is 0 Å². The van der Waals surface area contributed by atoms with Crippen LogP contribution in [0.15, 0.2) is 48.5 Å². The van der Waals surface area contributed by atoms with Gasteiger partial charge >= 0.3 is 0 Å². The van der Waals surface area contributed by atoms with E-state index in [0.717, 1.165) is 12.8 Å². The summed E-state index contributed by atoms with van der Waals surface area (Å²) in [5.41, 5.74) is 1.19. The molecule has 2 rings (SSSR count). The molecule has 0 fully saturated rings. The topological polar surface area (TPSA) is 58.2 Å². The summed E-state index contributed by atoms with van der Waals surface area (Å²) >= 11 is 11.6. The predicted octanol–water partition coefficient (Wildman–Crippen LogP) is 4.57. The Hall–Kier alpha value is -2.04. The Morgan fingerprint density at radius 1 is 0.846 bits per heavy atom. The zero-order valence-electron chi connectivity index (χ0n) is 14.6. The SMILES string of the molecule is CC(CCCNC(=O)c1ccc(Cl)cc1)CNC(=O)c1ccc(Cl)cc1. The van der Waals surface area contributed by atoms with Crippen molar-refractivity contribution in [3.8, 4) is 0 Å². The van der Waals surface area contributed by atoms with E-state index in [1.165, 1.54) is 0 Å². The fourth-order valence-corrected chi connectivity index (χ4v) is 2.68. The molecule has 2 N–H and O–H groups in total. The van der Waals surface area contributed by atoms with Crippen molar-refractivity contribution in [3.05, 3.63) is 69.7 Å². The average molecular weight is 393 g/mol. The second kappa shape index (κ2) is 10.2. The molecule has 6 heteroatoms. The normalized spacial score (nSPS) is 11.7. The molecule has 138 valence electrons. The molecule has 2 amide bonds. The molecule has 26 heavy (non-hydrogen) atoms. The van der Waals surface area contributed by atoms with Crippen LogP contribution in [0.2, 0.25) is 10.0 Å². The van der Waals surface area contributed by atoms with Gasteiger partial charge in [-0.1, -0.05) is 30.1 Å². The van der Waals surface area contributed by atoms with Crippen LogP contribution in [0.25, 0.3) is 0 Å². The van der Waals surface area contributed by atoms with Crippen molar-refractivity contribution < 1.29 is 9.59 Å². The first-order chi connectivity index (χ1) is 12.5. The fourth-order valence-electron chi connectivity index (χ4n) is 2.43. The molecule has 4 nitrogen and oxygen atoms in total. The second-order valence-corrected chi connectivity index (χ2v) is 7.10. The van der Waals surface area contributed by atoms with E-state index in [1.54, 1.807) is 48.5 Å². The fraction of sp³-hybridized carbons (Fsp3) is 0.300. The Kier molecular flexibility index (Phi) is 7.95. The van der Waals surface area contributed by atoms with Crippen molar-refractivity contribution >= 4 is 35.0 Å². The summed E-state index contributed by atoms with van der Waals surface area (Å²) < 4.78 is 0. The highest BCUT2D eigenvalue weighted by atomic mass is 35.5. The molecule has 0 aliphatic rings. The molecule has 2 aromatic rings. The minimum Gasteiger partial charge on any atom is -0.352 e. The van der Waals surface area contributed by atoms with Crippen LogP contribution in [-0.2, 0) is 0 Å². The summed E-state index contributed by atoms with van der Waals surface area (Å²) in [7, 11) is 0. The van der Waals surface area contributed by atoms with Crippen molar-refractivity contribution in [2.24, 2.45) is 5.92 Å². The van der Waals surface area contributed by atoms with Gasteiger partial charge < -0.3 is 10.6 Å². The molecule has 0 heterocycles. The number of hydrogen-bond acceptors (Lipinski definition) is 2. The van der Waals surface area contributed by atoms with Crippen molar-refractivity contribution in [3.63, 3.8) is 0 Å². The first kappa shape index (κ1) is 20.3. The van der Waals surface area contributed by atoms with E-state index in [0.29, 0.717) is 40.2 Å². The maximum atomic E-state index is 12.0. The summed E-state index contributed by atoms with van der Waals surface area (Å²) in [6.45, 7) is 3.26. The van der Waals surface area contributed by atoms with Crippen molar-refractivity contribution in [2.45, 2.75) is 19.8 Å². The van der Waals surface area contributed by atoms with Crippen LogP contribution in [0.3, 0.4) is 0 Å². The van der Waals surface area contributed by atoms with Gasteiger partial charge in [-0.15, -0.1) is 0 Å². The third kappa shape index (κ3) is 6.70. The van der Waals surface area contributed by atoms with Crippen molar-refractivity contribution in [1.82, 2.24) is 10.6 Å². The van der Waals surface area contributed by atoms with Crippen LogP contribution in [0, 0.1) is 5.92 Å². The third-order valence-electron chi connectivity index (χ3n) is 3.98. The summed E-state index contributed by atoms with van der Waals surface area (Å²) in [5, 5.41) is 7.02. The maximum absolute atomic E-state index is 12.0. The zero-order chi connectivity index (χ0) is 18.9. The number of benzene rings is 2. The predicted molar refractivity (Wildman–Crippen MR) is 106 cm³/mol. The van der Waals surface area contributed by atoms with Gasteiger partial charge in [0.25, 0.3) is 11.8 Å². The zero-order valence-corrected chi connectivity index (χ0v) is 16.1. The molecule has 0 spiro atoms. The first-order valence-electron chi connectivity index (χ1n) is 8.53. The summed E-state index contributed by atoms with van der Waals surface area (Å²) in [6, 6.07) is 13.6. The molecule has 2 aromatic carbocycles. The van der Waals surface area contributed by atoms with Crippen LogP contribution in [0.5, 0.6) is 0 Å². The lowest BCUT2D eigenvalue weighted by Crippen LogP contribution is -2.29. The minimum absolute atomic E-state index is 0.106. The van der Waals surface area contributed by atoms with Gasteiger partial charge in [0, 0.05) is 34.3 Å². The Labute approximate surface area is 163 Å². The number of hydrogen-bond donors (Lipinski definition) is 2. The van der Waals surface area contributed by atoms with Crippen LogP contribution < -0.4 is 10.6 Å². The van der Waals surface area contributed by atoms with E-state index < -0.39 is 0 Å². The van der Waals surface area contributed by atoms with Gasteiger partial charge in [-0.2, -0.15) is 0 Å². The van der Waals surface area contributed by atoms with Gasteiger partial charge in [-0.05, 0) is 67.3 Å². The van der Waals surface area contributed by atoms with E-state index in [2.05, 4.69) is 17.6 Å². The van der Waals surface area contributed by atoms with Gasteiger partial charge in [-0.3, -0.25) is 9.59 Å². The van der Waals surface area contributed by atoms with E-state index in [-0.39, 0.29) is 11.8 Å².